The molecule has 2 amide bonds. The zero-order chi connectivity index (χ0) is 71.8. The second kappa shape index (κ2) is 33.3. The Bertz CT molecular complexity index is 3970. The van der Waals surface area contributed by atoms with E-state index in [-0.39, 0.29) is 53.8 Å². The monoisotopic (exact) mass is 1620 g/mol. The summed E-state index contributed by atoms with van der Waals surface area (Å²) in [6.45, 7) is 17.5. The van der Waals surface area contributed by atoms with Gasteiger partial charge in [-0.25, -0.2) is 9.36 Å². The van der Waals surface area contributed by atoms with E-state index in [1.807, 2.05) is 39.6 Å². The number of hydrogen-bond acceptors (Lipinski definition) is 21. The van der Waals surface area contributed by atoms with Crippen molar-refractivity contribution in [2.75, 3.05) is 107 Å². The van der Waals surface area contributed by atoms with Crippen molar-refractivity contribution in [2.24, 2.45) is 23.3 Å². The Morgan fingerprint density at radius 1 is 0.673 bits per heavy atom. The summed E-state index contributed by atoms with van der Waals surface area (Å²) in [6, 6.07) is 11.4. The van der Waals surface area contributed by atoms with Crippen LogP contribution in [0, 0.1) is 29.3 Å². The average molecular weight is 1620 g/mol. The predicted molar refractivity (Wildman–Crippen MR) is 396 cm³/mol. The zero-order valence-corrected chi connectivity index (χ0v) is 62.9. The molecule has 2 fully saturated rings. The minimum Gasteiger partial charge on any atom is -0.508 e. The topological polar surface area (TPSA) is 318 Å². The standard InChI is InChI=1S/C68H92BF2I2N21O7/c1-9-42(3)60(74)54-39-91(84-81-54)56(36-48-13-17-51(95)18-14-48)64(97)86-23-27-88(28-24-86)67-77-66(78-68(79-67)89-29-25-87(26-30-89)65(98)57(37-49-15-19-52(96)20-16-49)92-40-55(82-85-92)61(75)43(4)10-2)76-21-31-99-32-33-100-34-35-101-41-50-38-90(83-80-50)22-11-12-53-62-44(5)58(72)46(7)93(62)69(70,71)94-47(8)59(73)45(6)63(53)94/h13-20,38-40,42-43,56-57,60-61,95-96H,9-12,21-37,41,74-75H2,1-8H3,(H,76,77,78,79)/t42-,43-,56-,57-,60-,61-/m0/s1. The van der Waals surface area contributed by atoms with Crippen LogP contribution in [0.1, 0.15) is 137 Å². The van der Waals surface area contributed by atoms with Crippen LogP contribution in [0.3, 0.4) is 0 Å². The smallest absolute Gasteiger partial charge is 0.508 e. The number of fused-ring (bicyclic) bond motifs is 2. The number of rotatable bonds is 32. The summed E-state index contributed by atoms with van der Waals surface area (Å²) in [5.41, 5.74) is 21.8. The Morgan fingerprint density at radius 2 is 1.17 bits per heavy atom. The number of hydrogen-bond donors (Lipinski definition) is 5. The number of carbonyl (C=O) groups excluding carboxylic acids is 2. The van der Waals surface area contributed by atoms with Crippen molar-refractivity contribution in [3.8, 4) is 11.5 Å². The average Bonchev–Trinajstić information content (AvgIpc) is 1.55. The van der Waals surface area contributed by atoms with Crippen molar-refractivity contribution in [1.29, 1.82) is 0 Å². The number of aromatic hydroxyl groups is 2. The summed E-state index contributed by atoms with van der Waals surface area (Å²) in [5, 5.41) is 49.9. The van der Waals surface area contributed by atoms with Gasteiger partial charge in [0, 0.05) is 106 Å². The second-order valence-corrected chi connectivity index (χ2v) is 28.7. The van der Waals surface area contributed by atoms with E-state index in [9.17, 15) is 19.8 Å². The fraction of sp³-hybridized carbons (Fsp3) is 0.529. The number of nitrogens with one attached hydrogen (secondary N) is 1. The molecule has 0 spiro atoms. The van der Waals surface area contributed by atoms with Crippen LogP contribution in [0.5, 0.6) is 11.5 Å². The molecule has 101 heavy (non-hydrogen) atoms. The number of benzene rings is 2. The van der Waals surface area contributed by atoms with Crippen LogP contribution in [0.4, 0.5) is 26.5 Å². The van der Waals surface area contributed by atoms with Gasteiger partial charge in [0.05, 0.1) is 85.3 Å². The van der Waals surface area contributed by atoms with E-state index < -0.39 is 19.1 Å². The van der Waals surface area contributed by atoms with Crippen LogP contribution in [-0.4, -0.2) is 205 Å². The molecule has 0 radical (unpaired) electrons. The molecule has 542 valence electrons. The molecule has 5 aromatic heterocycles. The molecule has 0 bridgehead atoms. The molecule has 4 aliphatic rings. The summed E-state index contributed by atoms with van der Waals surface area (Å²) in [5.74, 6) is 1.48. The highest BCUT2D eigenvalue weighted by molar-refractivity contribution is 14.1. The number of piperazine rings is 2. The first-order valence-electron chi connectivity index (χ1n) is 34.8. The van der Waals surface area contributed by atoms with Crippen LogP contribution >= 0.6 is 45.2 Å². The third kappa shape index (κ3) is 16.9. The van der Waals surface area contributed by atoms with Gasteiger partial charge in [0.15, 0.2) is 5.70 Å². The lowest BCUT2D eigenvalue weighted by molar-refractivity contribution is -0.363. The van der Waals surface area contributed by atoms with E-state index in [1.54, 1.807) is 88.8 Å². The third-order valence-electron chi connectivity index (χ3n) is 19.9. The van der Waals surface area contributed by atoms with Crippen LogP contribution < -0.4 is 26.6 Å². The summed E-state index contributed by atoms with van der Waals surface area (Å²) >= 11 is 4.38. The number of nitrogens with two attached hydrogens (primary N) is 2. The number of aryl methyl sites for hydroxylation is 1. The summed E-state index contributed by atoms with van der Waals surface area (Å²) in [4.78, 5) is 52.0. The number of ether oxygens (including phenoxy) is 3. The van der Waals surface area contributed by atoms with Gasteiger partial charge in [-0.05, 0) is 137 Å². The maximum atomic E-state index is 16.4. The van der Waals surface area contributed by atoms with E-state index in [2.05, 4.69) is 109 Å². The fourth-order valence-electron chi connectivity index (χ4n) is 13.4. The molecule has 11 rings (SSSR count). The zero-order valence-electron chi connectivity index (χ0n) is 58.6. The van der Waals surface area contributed by atoms with E-state index in [4.69, 9.17) is 40.6 Å². The summed E-state index contributed by atoms with van der Waals surface area (Å²) in [7, 11) is 0. The Morgan fingerprint density at radius 3 is 1.67 bits per heavy atom. The highest BCUT2D eigenvalue weighted by Crippen LogP contribution is 2.47. The van der Waals surface area contributed by atoms with E-state index >= 15 is 8.63 Å². The molecular formula is C68H92BF2I2N21O7. The summed E-state index contributed by atoms with van der Waals surface area (Å²) in [6.07, 6.45) is 8.99. The van der Waals surface area contributed by atoms with E-state index in [0.717, 1.165) is 47.8 Å². The number of aromatic nitrogens is 13. The first-order chi connectivity index (χ1) is 48.5. The lowest BCUT2D eigenvalue weighted by atomic mass is 9.85. The van der Waals surface area contributed by atoms with Gasteiger partial charge in [-0.1, -0.05) is 80.4 Å². The lowest BCUT2D eigenvalue weighted by Gasteiger charge is -2.38. The number of amides is 2. The normalized spacial score (nSPS) is 17.4. The van der Waals surface area contributed by atoms with E-state index in [0.29, 0.717) is 182 Å². The SMILES string of the molecule is CC[C@H](C)[C@H](N)c1cn([C@@H](Cc2ccc(O)cc2)C(=O)N2CCN(c3nc(NCCOCCOCCOCc4cn(CCCC5=C6C(C)=C(I)C(C)=[N+]6[B-](F)(F)n6c(C)c(I)c(C)c65)nn4)nc(N4CCN(C(=O)[C@H](Cc5ccc(O)cc5)n5cc([C@@H](N)[C@@H](C)CC)nn5)CC4)n3)CC2)nn1. The van der Waals surface area contributed by atoms with Crippen molar-refractivity contribution < 1.29 is 47.1 Å². The quantitative estimate of drug-likeness (QED) is 0.0153. The van der Waals surface area contributed by atoms with Gasteiger partial charge in [0.2, 0.25) is 29.7 Å². The molecule has 4 aliphatic heterocycles. The largest absolute Gasteiger partial charge is 0.737 e. The first-order valence-corrected chi connectivity index (χ1v) is 36.9. The van der Waals surface area contributed by atoms with Crippen molar-refractivity contribution in [2.45, 2.75) is 131 Å². The lowest BCUT2D eigenvalue weighted by Crippen LogP contribution is -2.52. The maximum Gasteiger partial charge on any atom is 0.737 e. The van der Waals surface area contributed by atoms with Crippen LogP contribution in [-0.2, 0) is 49.8 Å². The Labute approximate surface area is 614 Å². The van der Waals surface area contributed by atoms with Gasteiger partial charge in [-0.2, -0.15) is 15.0 Å². The minimum absolute atomic E-state index is 0.127. The van der Waals surface area contributed by atoms with Gasteiger partial charge in [-0.3, -0.25) is 14.3 Å². The number of phenols is 2. The highest BCUT2D eigenvalue weighted by atomic mass is 127. The highest BCUT2D eigenvalue weighted by Gasteiger charge is 2.56. The molecule has 33 heteroatoms. The van der Waals surface area contributed by atoms with Crippen molar-refractivity contribution in [3.05, 3.63) is 131 Å². The van der Waals surface area contributed by atoms with E-state index in [1.165, 1.54) is 8.96 Å². The Kier molecular flexibility index (Phi) is 24.6. The fourth-order valence-corrected chi connectivity index (χ4v) is 14.4. The van der Waals surface area contributed by atoms with Gasteiger partial charge >= 0.3 is 6.97 Å². The molecule has 2 aromatic carbocycles. The maximum absolute atomic E-state index is 16.4. The molecule has 0 unspecified atom stereocenters. The molecule has 2 saturated heterocycles. The number of halogens is 4. The van der Waals surface area contributed by atoms with Crippen molar-refractivity contribution >= 4 is 93.1 Å². The molecule has 28 nitrogen and oxygen atoms in total. The number of anilines is 3. The van der Waals surface area contributed by atoms with Gasteiger partial charge in [0.25, 0.3) is 0 Å². The molecule has 7 aromatic rings. The van der Waals surface area contributed by atoms with Crippen LogP contribution in [0.15, 0.2) is 82.0 Å². The van der Waals surface area contributed by atoms with Crippen molar-refractivity contribution in [3.63, 3.8) is 0 Å². The van der Waals surface area contributed by atoms with Crippen molar-refractivity contribution in [1.82, 2.24) is 74.2 Å². The molecule has 0 aliphatic carbocycles. The Hall–Kier alpha value is -7.58. The molecular weight excluding hydrogens is 1530 g/mol. The van der Waals surface area contributed by atoms with Gasteiger partial charge in [0.1, 0.15) is 35.0 Å². The molecule has 0 saturated carbocycles. The molecule has 6 atom stereocenters. The Balaban J connectivity index is 0.689. The molecule has 7 N–H and O–H groups in total. The van der Waals surface area contributed by atoms with Crippen LogP contribution in [0.2, 0.25) is 0 Å². The predicted octanol–water partition coefficient (Wildman–Crippen LogP) is 7.72. The minimum atomic E-state index is -4.06. The third-order valence-corrected chi connectivity index (χ3v) is 23.1. The summed E-state index contributed by atoms with van der Waals surface area (Å²) < 4.78 is 59.7. The van der Waals surface area contributed by atoms with Crippen LogP contribution in [0.25, 0.3) is 5.57 Å². The van der Waals surface area contributed by atoms with Gasteiger partial charge < -0.3 is 78.4 Å². The number of phenolic OH excluding ortho intramolecular Hbond substituents is 2. The van der Waals surface area contributed by atoms with Gasteiger partial charge in [-0.15, -0.1) is 15.3 Å². The first kappa shape index (κ1) is 74.6. The number of allylic oxidation sites excluding steroid dienone is 3. The molecule has 9 heterocycles. The second-order valence-electron chi connectivity index (χ2n) is 26.6. The number of nitrogens with zero attached hydrogens (tertiary/aromatic N) is 18. The number of carbonyl (C=O) groups is 2.